The van der Waals surface area contributed by atoms with E-state index < -0.39 is 22.0 Å². The first-order valence-electron chi connectivity index (χ1n) is 8.42. The van der Waals surface area contributed by atoms with E-state index in [1.54, 1.807) is 11.0 Å². The van der Waals surface area contributed by atoms with Gasteiger partial charge < -0.3 is 10.0 Å². The highest BCUT2D eigenvalue weighted by Gasteiger charge is 2.27. The zero-order valence-corrected chi connectivity index (χ0v) is 15.3. The maximum Gasteiger partial charge on any atom is 0.321 e. The molecule has 1 aliphatic rings. The highest BCUT2D eigenvalue weighted by atomic mass is 32.2. The number of fused-ring (bicyclic) bond motifs is 1. The van der Waals surface area contributed by atoms with E-state index >= 15 is 0 Å². The van der Waals surface area contributed by atoms with Crippen LogP contribution in [0.3, 0.4) is 0 Å². The molecular formula is C17H24N2O5S. The number of carbonyl (C=O) groups is 2. The first-order chi connectivity index (χ1) is 11.8. The Morgan fingerprint density at radius 3 is 2.68 bits per heavy atom. The van der Waals surface area contributed by atoms with Gasteiger partial charge >= 0.3 is 5.97 Å². The van der Waals surface area contributed by atoms with Gasteiger partial charge in [0.05, 0.1) is 4.90 Å². The lowest BCUT2D eigenvalue weighted by molar-refractivity contribution is -0.139. The van der Waals surface area contributed by atoms with Crippen molar-refractivity contribution in [3.05, 3.63) is 23.8 Å². The summed E-state index contributed by atoms with van der Waals surface area (Å²) in [5.74, 6) is -1.34. The lowest BCUT2D eigenvalue weighted by Gasteiger charge is -2.29. The Labute approximate surface area is 148 Å². The number of benzene rings is 1. The number of nitrogens with zero attached hydrogens (tertiary/aromatic N) is 1. The molecule has 0 saturated heterocycles. The van der Waals surface area contributed by atoms with E-state index in [9.17, 15) is 23.1 Å². The van der Waals surface area contributed by atoms with Crippen LogP contribution in [0.4, 0.5) is 5.69 Å². The normalized spacial score (nSPS) is 15.5. The fourth-order valence-corrected chi connectivity index (χ4v) is 4.19. The van der Waals surface area contributed by atoms with Gasteiger partial charge in [0.2, 0.25) is 15.9 Å². The van der Waals surface area contributed by atoms with Crippen LogP contribution in [0.15, 0.2) is 23.1 Å². The smallest absolute Gasteiger partial charge is 0.321 e. The second-order valence-electron chi connectivity index (χ2n) is 6.22. The molecule has 0 aromatic heterocycles. The maximum atomic E-state index is 12.6. The summed E-state index contributed by atoms with van der Waals surface area (Å²) in [6, 6.07) is 3.45. The van der Waals surface area contributed by atoms with Crippen LogP contribution in [0.1, 0.15) is 45.1 Å². The number of carbonyl (C=O) groups excluding carboxylic acids is 1. The summed E-state index contributed by atoms with van der Waals surface area (Å²) in [5, 5.41) is 9.24. The van der Waals surface area contributed by atoms with E-state index in [-0.39, 0.29) is 17.2 Å². The molecule has 0 radical (unpaired) electrons. The fraction of sp³-hybridized carbons (Fsp3) is 0.529. The molecule has 1 aromatic carbocycles. The summed E-state index contributed by atoms with van der Waals surface area (Å²) in [6.45, 7) is 3.90. The van der Waals surface area contributed by atoms with Crippen LogP contribution in [0.2, 0.25) is 0 Å². The van der Waals surface area contributed by atoms with E-state index in [0.717, 1.165) is 24.8 Å². The van der Waals surface area contributed by atoms with Crippen molar-refractivity contribution in [2.75, 3.05) is 11.4 Å². The van der Waals surface area contributed by atoms with Crippen LogP contribution in [0, 0.1) is 0 Å². The Balaban J connectivity index is 2.32. The number of aryl methyl sites for hydroxylation is 1. The third-order valence-electron chi connectivity index (χ3n) is 4.31. The van der Waals surface area contributed by atoms with Gasteiger partial charge in [-0.2, -0.15) is 4.72 Å². The number of rotatable bonds is 7. The van der Waals surface area contributed by atoms with Gasteiger partial charge in [-0.05, 0) is 37.0 Å². The van der Waals surface area contributed by atoms with Gasteiger partial charge in [-0.1, -0.05) is 25.8 Å². The van der Waals surface area contributed by atoms with Crippen molar-refractivity contribution in [3.8, 4) is 0 Å². The third kappa shape index (κ3) is 4.58. The molecule has 0 spiro atoms. The quantitative estimate of drug-likeness (QED) is 0.765. The summed E-state index contributed by atoms with van der Waals surface area (Å²) in [6.07, 6.45) is 3.23. The molecule has 7 nitrogen and oxygen atoms in total. The zero-order chi connectivity index (χ0) is 18.6. The molecule has 1 atom stereocenters. The lowest BCUT2D eigenvalue weighted by atomic mass is 10.0. The molecule has 138 valence electrons. The van der Waals surface area contributed by atoms with Crippen LogP contribution >= 0.6 is 0 Å². The van der Waals surface area contributed by atoms with Crippen LogP contribution in [0.5, 0.6) is 0 Å². The molecule has 1 aliphatic heterocycles. The number of amides is 1. The molecule has 0 fully saturated rings. The van der Waals surface area contributed by atoms with Gasteiger partial charge in [0, 0.05) is 19.2 Å². The van der Waals surface area contributed by atoms with Crippen molar-refractivity contribution in [2.45, 2.75) is 56.9 Å². The van der Waals surface area contributed by atoms with Crippen LogP contribution in [0.25, 0.3) is 0 Å². The predicted molar refractivity (Wildman–Crippen MR) is 94.1 cm³/mol. The van der Waals surface area contributed by atoms with Gasteiger partial charge in [-0.15, -0.1) is 0 Å². The summed E-state index contributed by atoms with van der Waals surface area (Å²) < 4.78 is 27.5. The van der Waals surface area contributed by atoms with Gasteiger partial charge in [-0.25, -0.2) is 8.42 Å². The zero-order valence-electron chi connectivity index (χ0n) is 14.5. The Morgan fingerprint density at radius 2 is 2.08 bits per heavy atom. The van der Waals surface area contributed by atoms with Crippen molar-refractivity contribution < 1.29 is 23.1 Å². The molecule has 2 N–H and O–H groups in total. The van der Waals surface area contributed by atoms with Crippen molar-refractivity contribution in [1.29, 1.82) is 0 Å². The van der Waals surface area contributed by atoms with E-state index in [1.807, 2.05) is 6.92 Å². The van der Waals surface area contributed by atoms with E-state index in [2.05, 4.69) is 4.72 Å². The second kappa shape index (κ2) is 7.97. The van der Waals surface area contributed by atoms with Gasteiger partial charge in [0.15, 0.2) is 0 Å². The molecule has 0 saturated carbocycles. The number of carboxylic acids is 1. The molecule has 8 heteroatoms. The van der Waals surface area contributed by atoms with Crippen LogP contribution in [-0.4, -0.2) is 38.0 Å². The number of aliphatic carboxylic acids is 1. The molecule has 1 heterocycles. The standard InChI is InChI=1S/C17H24N2O5S/c1-3-4-7-15(17(21)22)18-25(23,24)14-9-8-13-6-5-10-19(12(2)20)16(13)11-14/h8-9,11,15,18H,3-7,10H2,1-2H3,(H,21,22). The number of hydrogen-bond donors (Lipinski definition) is 2. The largest absolute Gasteiger partial charge is 0.480 e. The van der Waals surface area contributed by atoms with E-state index in [4.69, 9.17) is 0 Å². The molecule has 2 rings (SSSR count). The first kappa shape index (κ1) is 19.4. The molecule has 1 aromatic rings. The number of anilines is 1. The topological polar surface area (TPSA) is 104 Å². The van der Waals surface area contributed by atoms with Crippen LogP contribution < -0.4 is 9.62 Å². The van der Waals surface area contributed by atoms with Crippen molar-refractivity contribution in [2.24, 2.45) is 0 Å². The van der Waals surface area contributed by atoms with E-state index in [1.165, 1.54) is 19.1 Å². The molecule has 1 amide bonds. The maximum absolute atomic E-state index is 12.6. The van der Waals surface area contributed by atoms with Crippen molar-refractivity contribution >= 4 is 27.6 Å². The summed E-state index contributed by atoms with van der Waals surface area (Å²) in [7, 11) is -3.99. The summed E-state index contributed by atoms with van der Waals surface area (Å²) in [4.78, 5) is 24.6. The van der Waals surface area contributed by atoms with Crippen molar-refractivity contribution in [3.63, 3.8) is 0 Å². The van der Waals surface area contributed by atoms with Gasteiger partial charge in [-0.3, -0.25) is 9.59 Å². The molecule has 1 unspecified atom stereocenters. The SMILES string of the molecule is CCCCC(NS(=O)(=O)c1ccc2c(c1)N(C(C)=O)CCC2)C(=O)O. The average molecular weight is 368 g/mol. The highest BCUT2D eigenvalue weighted by Crippen LogP contribution is 2.30. The number of carboxylic acid groups (broad SMARTS) is 1. The average Bonchev–Trinajstić information content (AvgIpc) is 2.57. The Kier molecular flexibility index (Phi) is 6.18. The number of hydrogen-bond acceptors (Lipinski definition) is 4. The minimum atomic E-state index is -3.99. The highest BCUT2D eigenvalue weighted by molar-refractivity contribution is 7.89. The molecule has 25 heavy (non-hydrogen) atoms. The number of sulfonamides is 1. The first-order valence-corrected chi connectivity index (χ1v) is 9.90. The monoisotopic (exact) mass is 368 g/mol. The van der Waals surface area contributed by atoms with Crippen molar-refractivity contribution in [1.82, 2.24) is 4.72 Å². The van der Waals surface area contributed by atoms with E-state index in [0.29, 0.717) is 18.7 Å². The minimum Gasteiger partial charge on any atom is -0.480 e. The molecular weight excluding hydrogens is 344 g/mol. The Hall–Kier alpha value is -1.93. The predicted octanol–water partition coefficient (Wildman–Crippen LogP) is 1.91. The second-order valence-corrected chi connectivity index (χ2v) is 7.93. The third-order valence-corrected chi connectivity index (χ3v) is 5.78. The minimum absolute atomic E-state index is 0.0258. The van der Waals surface area contributed by atoms with Gasteiger partial charge in [0.1, 0.15) is 6.04 Å². The number of unbranched alkanes of at least 4 members (excludes halogenated alkanes) is 1. The Bertz CT molecular complexity index is 760. The van der Waals surface area contributed by atoms with Crippen LogP contribution in [-0.2, 0) is 26.0 Å². The Morgan fingerprint density at radius 1 is 1.36 bits per heavy atom. The molecule has 0 bridgehead atoms. The summed E-state index contributed by atoms with van der Waals surface area (Å²) >= 11 is 0. The lowest BCUT2D eigenvalue weighted by Crippen LogP contribution is -2.41. The van der Waals surface area contributed by atoms with Gasteiger partial charge in [0.25, 0.3) is 0 Å². The number of nitrogens with one attached hydrogen (secondary N) is 1. The summed E-state index contributed by atoms with van der Waals surface area (Å²) in [5.41, 5.74) is 1.50. The fourth-order valence-electron chi connectivity index (χ4n) is 2.95. The molecule has 0 aliphatic carbocycles.